The van der Waals surface area contributed by atoms with Crippen LogP contribution in [0, 0.1) is 10.1 Å². The topological polar surface area (TPSA) is 75.4 Å². The maximum atomic E-state index is 11.2. The summed E-state index contributed by atoms with van der Waals surface area (Å²) in [6, 6.07) is 5.41. The maximum Gasteiger partial charge on any atom is 0.273 e. The molecule has 0 saturated carbocycles. The van der Waals surface area contributed by atoms with E-state index in [-0.39, 0.29) is 16.5 Å². The number of hydrogen-bond acceptors (Lipinski definition) is 5. The molecule has 0 aliphatic carbocycles. The molecule has 1 aromatic rings. The predicted molar refractivity (Wildman–Crippen MR) is 90.4 cm³/mol. The van der Waals surface area contributed by atoms with Crippen molar-refractivity contribution in [3.05, 3.63) is 39.4 Å². The highest BCUT2D eigenvalue weighted by atomic mass is 32.2. The zero-order valence-electron chi connectivity index (χ0n) is 13.2. The van der Waals surface area contributed by atoms with Gasteiger partial charge in [-0.3, -0.25) is 10.1 Å². The first-order chi connectivity index (χ1) is 10.4. The zero-order valence-corrected chi connectivity index (χ0v) is 14.0. The Balaban J connectivity index is 1.98. The molecule has 6 heteroatoms. The Morgan fingerprint density at radius 3 is 2.68 bits per heavy atom. The predicted octanol–water partition coefficient (Wildman–Crippen LogP) is 3.07. The summed E-state index contributed by atoms with van der Waals surface area (Å²) < 4.78 is 0. The Kier molecular flexibility index (Phi) is 5.83. The molecule has 1 saturated heterocycles. The summed E-state index contributed by atoms with van der Waals surface area (Å²) in [5.41, 5.74) is 1.19. The lowest BCUT2D eigenvalue weighted by Gasteiger charge is -2.32. The van der Waals surface area contributed by atoms with Crippen LogP contribution in [0.2, 0.25) is 0 Å². The van der Waals surface area contributed by atoms with Gasteiger partial charge in [0.15, 0.2) is 0 Å². The fourth-order valence-electron chi connectivity index (χ4n) is 2.71. The van der Waals surface area contributed by atoms with Crippen LogP contribution >= 0.6 is 11.8 Å². The normalized spacial score (nSPS) is 17.6. The van der Waals surface area contributed by atoms with Crippen molar-refractivity contribution in [1.82, 2.24) is 5.32 Å². The van der Waals surface area contributed by atoms with Crippen LogP contribution in [0.25, 0.3) is 0 Å². The zero-order chi connectivity index (χ0) is 16.2. The minimum absolute atomic E-state index is 0.128. The van der Waals surface area contributed by atoms with Gasteiger partial charge in [-0.25, -0.2) is 0 Å². The lowest BCUT2D eigenvalue weighted by molar-refractivity contribution is -0.385. The van der Waals surface area contributed by atoms with Gasteiger partial charge in [0, 0.05) is 24.7 Å². The van der Waals surface area contributed by atoms with Gasteiger partial charge in [0.05, 0.1) is 10.5 Å². The molecular formula is C16H24N2O3S. The van der Waals surface area contributed by atoms with Crippen molar-refractivity contribution in [2.24, 2.45) is 0 Å². The van der Waals surface area contributed by atoms with E-state index in [2.05, 4.69) is 5.32 Å². The molecule has 1 fully saturated rings. The van der Waals surface area contributed by atoms with Crippen LogP contribution in [0.3, 0.4) is 0 Å². The fourth-order valence-corrected chi connectivity index (χ4v) is 3.97. The summed E-state index contributed by atoms with van der Waals surface area (Å²) in [5, 5.41) is 24.9. The summed E-state index contributed by atoms with van der Waals surface area (Å²) in [7, 11) is 0. The number of nitro benzene ring substituents is 1. The van der Waals surface area contributed by atoms with E-state index in [1.54, 1.807) is 6.07 Å². The Morgan fingerprint density at radius 1 is 1.41 bits per heavy atom. The standard InChI is InChI=1S/C16H24N2O3S/c1-12(2)14-4-3-13(9-15(14)18(20)21)10-17-11-16(19)5-7-22-8-6-16/h3-4,9,12,17,19H,5-8,10-11H2,1-2H3. The van der Waals surface area contributed by atoms with Crippen LogP contribution in [0.1, 0.15) is 43.7 Å². The highest BCUT2D eigenvalue weighted by Gasteiger charge is 2.28. The molecule has 2 rings (SSSR count). The molecule has 0 radical (unpaired) electrons. The number of thioether (sulfide) groups is 1. The quantitative estimate of drug-likeness (QED) is 0.621. The first-order valence-electron chi connectivity index (χ1n) is 7.69. The van der Waals surface area contributed by atoms with Gasteiger partial charge < -0.3 is 10.4 Å². The molecule has 1 aliphatic heterocycles. The first-order valence-corrected chi connectivity index (χ1v) is 8.85. The highest BCUT2D eigenvalue weighted by molar-refractivity contribution is 7.99. The molecule has 0 aromatic heterocycles. The van der Waals surface area contributed by atoms with Gasteiger partial charge >= 0.3 is 0 Å². The van der Waals surface area contributed by atoms with Gasteiger partial charge in [0.25, 0.3) is 5.69 Å². The molecule has 22 heavy (non-hydrogen) atoms. The molecule has 2 N–H and O–H groups in total. The molecule has 0 amide bonds. The highest BCUT2D eigenvalue weighted by Crippen LogP contribution is 2.28. The number of aliphatic hydroxyl groups is 1. The van der Waals surface area contributed by atoms with E-state index >= 15 is 0 Å². The van der Waals surface area contributed by atoms with E-state index in [1.165, 1.54) is 0 Å². The van der Waals surface area contributed by atoms with Crippen molar-refractivity contribution in [3.8, 4) is 0 Å². The Labute approximate surface area is 135 Å². The van der Waals surface area contributed by atoms with E-state index in [9.17, 15) is 15.2 Å². The molecule has 1 aliphatic rings. The Morgan fingerprint density at radius 2 is 2.09 bits per heavy atom. The van der Waals surface area contributed by atoms with E-state index in [4.69, 9.17) is 0 Å². The van der Waals surface area contributed by atoms with Crippen molar-refractivity contribution in [2.45, 2.75) is 44.8 Å². The summed E-state index contributed by atoms with van der Waals surface area (Å²) in [6.45, 7) is 4.98. The summed E-state index contributed by atoms with van der Waals surface area (Å²) in [4.78, 5) is 10.9. The lowest BCUT2D eigenvalue weighted by Crippen LogP contribution is -2.43. The van der Waals surface area contributed by atoms with Gasteiger partial charge in [-0.1, -0.05) is 26.0 Å². The number of nitro groups is 1. The number of nitrogens with zero attached hydrogens (tertiary/aromatic N) is 1. The summed E-state index contributed by atoms with van der Waals surface area (Å²) >= 11 is 1.87. The molecule has 0 spiro atoms. The van der Waals surface area contributed by atoms with Gasteiger partial charge in [-0.15, -0.1) is 0 Å². The third-order valence-corrected chi connectivity index (χ3v) is 5.11. The SMILES string of the molecule is CC(C)c1ccc(CNCC2(O)CCSCC2)cc1[N+](=O)[O-]. The van der Waals surface area contributed by atoms with E-state index in [0.717, 1.165) is 35.5 Å². The molecule has 1 aromatic carbocycles. The number of benzene rings is 1. The lowest BCUT2D eigenvalue weighted by atomic mass is 9.96. The van der Waals surface area contributed by atoms with E-state index < -0.39 is 5.60 Å². The van der Waals surface area contributed by atoms with Crippen LogP contribution in [-0.2, 0) is 6.54 Å². The van der Waals surface area contributed by atoms with E-state index in [1.807, 2.05) is 37.7 Å². The molecule has 1 heterocycles. The molecule has 0 bridgehead atoms. The average molecular weight is 324 g/mol. The van der Waals surface area contributed by atoms with Crippen molar-refractivity contribution in [2.75, 3.05) is 18.1 Å². The second-order valence-corrected chi connectivity index (χ2v) is 7.47. The molecule has 0 unspecified atom stereocenters. The van der Waals surface area contributed by atoms with Crippen LogP contribution in [-0.4, -0.2) is 33.7 Å². The minimum Gasteiger partial charge on any atom is -0.389 e. The van der Waals surface area contributed by atoms with Crippen molar-refractivity contribution in [1.29, 1.82) is 0 Å². The number of hydrogen-bond donors (Lipinski definition) is 2. The van der Waals surface area contributed by atoms with E-state index in [0.29, 0.717) is 13.1 Å². The molecular weight excluding hydrogens is 300 g/mol. The smallest absolute Gasteiger partial charge is 0.273 e. The number of rotatable bonds is 6. The molecule has 0 atom stereocenters. The Hall–Kier alpha value is -1.11. The molecule has 5 nitrogen and oxygen atoms in total. The minimum atomic E-state index is -0.630. The largest absolute Gasteiger partial charge is 0.389 e. The third-order valence-electron chi connectivity index (χ3n) is 4.12. The van der Waals surface area contributed by atoms with Crippen LogP contribution < -0.4 is 5.32 Å². The second kappa shape index (κ2) is 7.44. The fraction of sp³-hybridized carbons (Fsp3) is 0.625. The summed E-state index contributed by atoms with van der Waals surface area (Å²) in [6.07, 6.45) is 1.61. The van der Waals surface area contributed by atoms with Crippen LogP contribution in [0.4, 0.5) is 5.69 Å². The summed E-state index contributed by atoms with van der Waals surface area (Å²) in [5.74, 6) is 2.11. The van der Waals surface area contributed by atoms with Crippen molar-refractivity contribution >= 4 is 17.4 Å². The first kappa shape index (κ1) is 17.2. The van der Waals surface area contributed by atoms with Gasteiger partial charge in [0.1, 0.15) is 0 Å². The van der Waals surface area contributed by atoms with Gasteiger partial charge in [0.2, 0.25) is 0 Å². The third kappa shape index (κ3) is 4.44. The monoisotopic (exact) mass is 324 g/mol. The van der Waals surface area contributed by atoms with Gasteiger partial charge in [-0.2, -0.15) is 11.8 Å². The van der Waals surface area contributed by atoms with Crippen molar-refractivity contribution in [3.63, 3.8) is 0 Å². The van der Waals surface area contributed by atoms with Gasteiger partial charge in [-0.05, 0) is 35.8 Å². The van der Waals surface area contributed by atoms with Crippen LogP contribution in [0.15, 0.2) is 18.2 Å². The van der Waals surface area contributed by atoms with Crippen molar-refractivity contribution < 1.29 is 10.0 Å². The average Bonchev–Trinajstić information content (AvgIpc) is 2.47. The number of nitrogens with one attached hydrogen (secondary N) is 1. The Bertz CT molecular complexity index is 528. The maximum absolute atomic E-state index is 11.2. The molecule has 122 valence electrons. The second-order valence-electron chi connectivity index (χ2n) is 6.25. The van der Waals surface area contributed by atoms with Crippen LogP contribution in [0.5, 0.6) is 0 Å².